The normalized spacial score (nSPS) is 22.5. The third-order valence-corrected chi connectivity index (χ3v) is 5.23. The van der Waals surface area contributed by atoms with Crippen LogP contribution in [0.3, 0.4) is 0 Å². The number of fused-ring (bicyclic) bond motifs is 1. The molecular weight excluding hydrogens is 344 g/mol. The predicted molar refractivity (Wildman–Crippen MR) is 101 cm³/mol. The molecule has 1 fully saturated rings. The van der Waals surface area contributed by atoms with Crippen molar-refractivity contribution in [1.29, 1.82) is 0 Å². The molecule has 6 heteroatoms. The maximum absolute atomic E-state index is 12.4. The van der Waals surface area contributed by atoms with Crippen LogP contribution in [0.25, 0.3) is 0 Å². The Morgan fingerprint density at radius 1 is 1.15 bits per heavy atom. The van der Waals surface area contributed by atoms with E-state index in [0.717, 1.165) is 11.3 Å². The van der Waals surface area contributed by atoms with E-state index in [1.54, 1.807) is 0 Å². The summed E-state index contributed by atoms with van der Waals surface area (Å²) < 4.78 is 5.42. The molecule has 2 aliphatic rings. The molecule has 0 spiro atoms. The van der Waals surface area contributed by atoms with Crippen LogP contribution in [-0.2, 0) is 14.4 Å². The SMILES string of the molecule is CCOc1ccc(C(C)NC(=O)CCN2C(=O)[C@H]3CC=CC[C@H]3C2=O)cc1. The number of carbonyl (C=O) groups is 3. The standard InChI is InChI=1S/C21H26N2O4/c1-3-27-16-10-8-15(9-11-16)14(2)22-19(24)12-13-23-20(25)17-6-4-5-7-18(17)21(23)26/h4-5,8-11,14,17-18H,3,6-7,12-13H2,1-2H3,(H,22,24)/t14?,17-,18+. The van der Waals surface area contributed by atoms with Crippen molar-refractivity contribution in [3.63, 3.8) is 0 Å². The highest BCUT2D eigenvalue weighted by Gasteiger charge is 2.46. The Balaban J connectivity index is 1.50. The van der Waals surface area contributed by atoms with Gasteiger partial charge in [-0.05, 0) is 44.4 Å². The third-order valence-electron chi connectivity index (χ3n) is 5.23. The van der Waals surface area contributed by atoms with Gasteiger partial charge < -0.3 is 10.1 Å². The number of hydrogen-bond donors (Lipinski definition) is 1. The van der Waals surface area contributed by atoms with Gasteiger partial charge in [0, 0.05) is 13.0 Å². The molecule has 3 rings (SSSR count). The van der Waals surface area contributed by atoms with Crippen molar-refractivity contribution < 1.29 is 19.1 Å². The lowest BCUT2D eigenvalue weighted by Gasteiger charge is -2.17. The first-order valence-corrected chi connectivity index (χ1v) is 9.53. The predicted octanol–water partition coefficient (Wildman–Crippen LogP) is 2.60. The highest BCUT2D eigenvalue weighted by molar-refractivity contribution is 6.05. The number of nitrogens with zero attached hydrogens (tertiary/aromatic N) is 1. The molecule has 1 saturated heterocycles. The van der Waals surface area contributed by atoms with Crippen LogP contribution in [0, 0.1) is 11.8 Å². The maximum atomic E-state index is 12.4. The van der Waals surface area contributed by atoms with E-state index < -0.39 is 0 Å². The van der Waals surface area contributed by atoms with Gasteiger partial charge in [-0.15, -0.1) is 0 Å². The number of likely N-dealkylation sites (tertiary alicyclic amines) is 1. The van der Waals surface area contributed by atoms with Gasteiger partial charge in [0.1, 0.15) is 5.75 Å². The number of carbonyl (C=O) groups excluding carboxylic acids is 3. The molecule has 3 amide bonds. The molecule has 144 valence electrons. The summed E-state index contributed by atoms with van der Waals surface area (Å²) in [5, 5.41) is 2.92. The van der Waals surface area contributed by atoms with Gasteiger partial charge in [0.05, 0.1) is 24.5 Å². The van der Waals surface area contributed by atoms with Crippen LogP contribution in [-0.4, -0.2) is 35.8 Å². The smallest absolute Gasteiger partial charge is 0.233 e. The monoisotopic (exact) mass is 370 g/mol. The molecular formula is C21H26N2O4. The lowest BCUT2D eigenvalue weighted by molar-refractivity contribution is -0.140. The number of rotatable bonds is 7. The van der Waals surface area contributed by atoms with Crippen LogP contribution >= 0.6 is 0 Å². The van der Waals surface area contributed by atoms with E-state index in [2.05, 4.69) is 5.32 Å². The molecule has 0 radical (unpaired) electrons. The van der Waals surface area contributed by atoms with Crippen LogP contribution in [0.1, 0.15) is 44.7 Å². The van der Waals surface area contributed by atoms with Gasteiger partial charge in [0.15, 0.2) is 0 Å². The van der Waals surface area contributed by atoms with Gasteiger partial charge >= 0.3 is 0 Å². The van der Waals surface area contributed by atoms with E-state index in [1.807, 2.05) is 50.3 Å². The Bertz CT molecular complexity index is 715. The average molecular weight is 370 g/mol. The summed E-state index contributed by atoms with van der Waals surface area (Å²) in [6.45, 7) is 4.59. The summed E-state index contributed by atoms with van der Waals surface area (Å²) >= 11 is 0. The minimum Gasteiger partial charge on any atom is -0.494 e. The Morgan fingerprint density at radius 3 is 2.30 bits per heavy atom. The molecule has 6 nitrogen and oxygen atoms in total. The van der Waals surface area contributed by atoms with E-state index in [1.165, 1.54) is 4.90 Å². The molecule has 1 aromatic carbocycles. The van der Waals surface area contributed by atoms with Crippen molar-refractivity contribution in [2.45, 2.75) is 39.2 Å². The molecule has 3 atom stereocenters. The Morgan fingerprint density at radius 2 is 1.74 bits per heavy atom. The van der Waals surface area contributed by atoms with Gasteiger partial charge in [-0.3, -0.25) is 19.3 Å². The third kappa shape index (κ3) is 4.21. The minimum absolute atomic E-state index is 0.117. The molecule has 1 aliphatic carbocycles. The van der Waals surface area contributed by atoms with Gasteiger partial charge in [-0.2, -0.15) is 0 Å². The topological polar surface area (TPSA) is 75.7 Å². The van der Waals surface area contributed by atoms with Crippen molar-refractivity contribution >= 4 is 17.7 Å². The summed E-state index contributed by atoms with van der Waals surface area (Å²) in [6, 6.07) is 7.42. The zero-order valence-electron chi connectivity index (χ0n) is 15.8. The Labute approximate surface area is 159 Å². The molecule has 1 aliphatic heterocycles. The number of benzene rings is 1. The fourth-order valence-corrected chi connectivity index (χ4v) is 3.72. The minimum atomic E-state index is -0.242. The molecule has 1 aromatic rings. The highest BCUT2D eigenvalue weighted by atomic mass is 16.5. The second-order valence-electron chi connectivity index (χ2n) is 7.03. The number of ether oxygens (including phenoxy) is 1. The van der Waals surface area contributed by atoms with Gasteiger partial charge in [-0.1, -0.05) is 24.3 Å². The second kappa shape index (κ2) is 8.37. The number of allylic oxidation sites excluding steroid dienone is 2. The van der Waals surface area contributed by atoms with Crippen molar-refractivity contribution in [3.8, 4) is 5.75 Å². The molecule has 1 heterocycles. The fraction of sp³-hybridized carbons (Fsp3) is 0.476. The van der Waals surface area contributed by atoms with Crippen molar-refractivity contribution in [3.05, 3.63) is 42.0 Å². The second-order valence-corrected chi connectivity index (χ2v) is 7.03. The average Bonchev–Trinajstić information content (AvgIpc) is 2.92. The van der Waals surface area contributed by atoms with Gasteiger partial charge in [-0.25, -0.2) is 0 Å². The molecule has 1 unspecified atom stereocenters. The van der Waals surface area contributed by atoms with Crippen molar-refractivity contribution in [2.75, 3.05) is 13.2 Å². The largest absolute Gasteiger partial charge is 0.494 e. The van der Waals surface area contributed by atoms with E-state index in [0.29, 0.717) is 19.4 Å². The first kappa shape index (κ1) is 19.1. The molecule has 0 aromatic heterocycles. The first-order valence-electron chi connectivity index (χ1n) is 9.53. The molecule has 0 bridgehead atoms. The number of imide groups is 1. The van der Waals surface area contributed by atoms with E-state index in [9.17, 15) is 14.4 Å². The Kier molecular flexibility index (Phi) is 5.94. The van der Waals surface area contributed by atoms with Gasteiger partial charge in [0.2, 0.25) is 17.7 Å². The molecule has 0 saturated carbocycles. The van der Waals surface area contributed by atoms with Crippen LogP contribution in [0.15, 0.2) is 36.4 Å². The van der Waals surface area contributed by atoms with E-state index in [-0.39, 0.29) is 48.6 Å². The van der Waals surface area contributed by atoms with Gasteiger partial charge in [0.25, 0.3) is 0 Å². The number of nitrogens with one attached hydrogen (secondary N) is 1. The van der Waals surface area contributed by atoms with Crippen LogP contribution in [0.4, 0.5) is 0 Å². The first-order chi connectivity index (χ1) is 13.0. The highest BCUT2D eigenvalue weighted by Crippen LogP contribution is 2.35. The summed E-state index contributed by atoms with van der Waals surface area (Å²) in [6.07, 6.45) is 5.27. The number of amides is 3. The number of hydrogen-bond acceptors (Lipinski definition) is 4. The molecule has 27 heavy (non-hydrogen) atoms. The lowest BCUT2D eigenvalue weighted by Crippen LogP contribution is -2.36. The summed E-state index contributed by atoms with van der Waals surface area (Å²) in [5.74, 6) is -0.142. The zero-order valence-corrected chi connectivity index (χ0v) is 15.8. The zero-order chi connectivity index (χ0) is 19.4. The summed E-state index contributed by atoms with van der Waals surface area (Å²) in [5.41, 5.74) is 0.970. The van der Waals surface area contributed by atoms with E-state index >= 15 is 0 Å². The van der Waals surface area contributed by atoms with Crippen LogP contribution in [0.5, 0.6) is 5.75 Å². The fourth-order valence-electron chi connectivity index (χ4n) is 3.72. The molecule has 1 N–H and O–H groups in total. The van der Waals surface area contributed by atoms with Crippen molar-refractivity contribution in [2.24, 2.45) is 11.8 Å². The van der Waals surface area contributed by atoms with E-state index in [4.69, 9.17) is 4.74 Å². The lowest BCUT2D eigenvalue weighted by atomic mass is 9.85. The van der Waals surface area contributed by atoms with Crippen LogP contribution < -0.4 is 10.1 Å². The summed E-state index contributed by atoms with van der Waals surface area (Å²) in [4.78, 5) is 38.4. The summed E-state index contributed by atoms with van der Waals surface area (Å²) in [7, 11) is 0. The quantitative estimate of drug-likeness (QED) is 0.591. The van der Waals surface area contributed by atoms with Crippen molar-refractivity contribution in [1.82, 2.24) is 10.2 Å². The van der Waals surface area contributed by atoms with Crippen LogP contribution in [0.2, 0.25) is 0 Å². The maximum Gasteiger partial charge on any atom is 0.233 e. The Hall–Kier alpha value is -2.63.